The zero-order chi connectivity index (χ0) is 22.1. The molecule has 1 aliphatic rings. The number of nitriles is 1. The third-order valence-electron chi connectivity index (χ3n) is 5.30. The Labute approximate surface area is 167 Å². The molecule has 30 heavy (non-hydrogen) atoms. The highest BCUT2D eigenvalue weighted by Gasteiger charge is 2.61. The first-order valence-corrected chi connectivity index (χ1v) is 9.36. The van der Waals surface area contributed by atoms with Crippen LogP contribution in [0.4, 0.5) is 33.3 Å². The average molecular weight is 431 g/mol. The van der Waals surface area contributed by atoms with Crippen molar-refractivity contribution in [2.45, 2.75) is 50.6 Å². The van der Waals surface area contributed by atoms with E-state index in [-0.39, 0.29) is 11.3 Å². The molecular weight excluding hydrogens is 413 g/mol. The van der Waals surface area contributed by atoms with Gasteiger partial charge in [-0.05, 0) is 12.3 Å². The standard InChI is InChI=1S/C18H18F5N5O2/c19-17(20,18(21,22)23)16-26-14-12(28(29)30)8-11(9-24)13(15(14)27-16)25-7-6-10-4-2-1-3-5-10/h8,10,25H,1-7H2,(H,26,27). The molecule has 0 bridgehead atoms. The summed E-state index contributed by atoms with van der Waals surface area (Å²) in [5.74, 6) is -6.67. The number of nitro benzene ring substituents is 1. The van der Waals surface area contributed by atoms with Gasteiger partial charge in [0.05, 0.1) is 16.2 Å². The third kappa shape index (κ3) is 4.01. The van der Waals surface area contributed by atoms with Crippen LogP contribution < -0.4 is 5.32 Å². The summed E-state index contributed by atoms with van der Waals surface area (Å²) in [6, 6.07) is 2.55. The quantitative estimate of drug-likeness (QED) is 0.363. The van der Waals surface area contributed by atoms with Crippen molar-refractivity contribution in [3.8, 4) is 6.07 Å². The topological polar surface area (TPSA) is 108 Å². The lowest BCUT2D eigenvalue weighted by Crippen LogP contribution is -2.34. The smallest absolute Gasteiger partial charge is 0.382 e. The van der Waals surface area contributed by atoms with Gasteiger partial charge < -0.3 is 10.3 Å². The molecular formula is C18H18F5N5O2. The Hall–Kier alpha value is -2.97. The van der Waals surface area contributed by atoms with Gasteiger partial charge in [0.1, 0.15) is 17.1 Å². The molecule has 2 aromatic rings. The summed E-state index contributed by atoms with van der Waals surface area (Å²) in [5, 5.41) is 23.5. The first kappa shape index (κ1) is 21.7. The molecule has 0 saturated heterocycles. The van der Waals surface area contributed by atoms with E-state index in [2.05, 4.69) is 10.3 Å². The van der Waals surface area contributed by atoms with Gasteiger partial charge in [0.15, 0.2) is 5.82 Å². The van der Waals surface area contributed by atoms with Crippen LogP contribution in [0, 0.1) is 27.4 Å². The summed E-state index contributed by atoms with van der Waals surface area (Å²) in [5.41, 5.74) is -2.27. The largest absolute Gasteiger partial charge is 0.461 e. The number of alkyl halides is 5. The molecule has 0 atom stereocenters. The number of nitrogens with zero attached hydrogens (tertiary/aromatic N) is 3. The highest BCUT2D eigenvalue weighted by atomic mass is 19.4. The number of halogens is 5. The lowest BCUT2D eigenvalue weighted by molar-refractivity contribution is -0.383. The number of nitro groups is 1. The zero-order valence-corrected chi connectivity index (χ0v) is 15.7. The highest BCUT2D eigenvalue weighted by Crippen LogP contribution is 2.44. The third-order valence-corrected chi connectivity index (χ3v) is 5.30. The van der Waals surface area contributed by atoms with E-state index in [9.17, 15) is 37.3 Å². The maximum atomic E-state index is 13.8. The Morgan fingerprint density at radius 2 is 1.93 bits per heavy atom. The molecule has 1 aliphatic carbocycles. The van der Waals surface area contributed by atoms with Gasteiger partial charge in [-0.2, -0.15) is 27.2 Å². The number of benzene rings is 1. The minimum Gasteiger partial charge on any atom is -0.382 e. The summed E-state index contributed by atoms with van der Waals surface area (Å²) in [6.07, 6.45) is 0.201. The van der Waals surface area contributed by atoms with Gasteiger partial charge in [0.2, 0.25) is 0 Å². The molecule has 0 unspecified atom stereocenters. The second-order valence-electron chi connectivity index (χ2n) is 7.29. The van der Waals surface area contributed by atoms with Crippen LogP contribution in [0.15, 0.2) is 6.07 Å². The highest BCUT2D eigenvalue weighted by molar-refractivity contribution is 5.97. The van der Waals surface area contributed by atoms with Crippen LogP contribution in [0.1, 0.15) is 49.9 Å². The van der Waals surface area contributed by atoms with Gasteiger partial charge in [0, 0.05) is 12.6 Å². The lowest BCUT2D eigenvalue weighted by Gasteiger charge is -2.21. The molecule has 3 rings (SSSR count). The SMILES string of the molecule is N#Cc1cc([N+](=O)[O-])c2[nH]c(C(F)(F)C(F)(F)F)nc2c1NCCC1CCCCC1. The summed E-state index contributed by atoms with van der Waals surface area (Å²) >= 11 is 0. The maximum absolute atomic E-state index is 13.8. The van der Waals surface area contributed by atoms with E-state index in [4.69, 9.17) is 0 Å². The summed E-state index contributed by atoms with van der Waals surface area (Å²) in [4.78, 5) is 15.4. The van der Waals surface area contributed by atoms with Gasteiger partial charge in [-0.15, -0.1) is 0 Å². The maximum Gasteiger partial charge on any atom is 0.461 e. The molecule has 0 radical (unpaired) electrons. The number of H-pyrrole nitrogens is 1. The molecule has 0 amide bonds. The van der Waals surface area contributed by atoms with Crippen molar-refractivity contribution in [1.82, 2.24) is 9.97 Å². The molecule has 2 N–H and O–H groups in total. The van der Waals surface area contributed by atoms with Crippen LogP contribution in [0.25, 0.3) is 11.0 Å². The number of fused-ring (bicyclic) bond motifs is 1. The van der Waals surface area contributed by atoms with Crippen LogP contribution in [0.3, 0.4) is 0 Å². The Kier molecular flexibility index (Phi) is 5.83. The van der Waals surface area contributed by atoms with Gasteiger partial charge >= 0.3 is 12.1 Å². The molecule has 1 fully saturated rings. The van der Waals surface area contributed by atoms with Crippen molar-refractivity contribution in [2.24, 2.45) is 5.92 Å². The molecule has 1 saturated carbocycles. The number of rotatable bonds is 6. The van der Waals surface area contributed by atoms with Crippen LogP contribution in [0.5, 0.6) is 0 Å². The molecule has 1 aromatic carbocycles. The normalized spacial score (nSPS) is 15.9. The minimum absolute atomic E-state index is 0.102. The van der Waals surface area contributed by atoms with E-state index >= 15 is 0 Å². The molecule has 0 spiro atoms. The van der Waals surface area contributed by atoms with E-state index in [1.54, 1.807) is 11.1 Å². The average Bonchev–Trinajstić information content (AvgIpc) is 3.13. The molecule has 12 heteroatoms. The summed E-state index contributed by atoms with van der Waals surface area (Å²) in [7, 11) is 0. The van der Waals surface area contributed by atoms with Crippen molar-refractivity contribution >= 4 is 22.4 Å². The number of nitrogens with one attached hydrogen (secondary N) is 2. The Morgan fingerprint density at radius 1 is 1.27 bits per heavy atom. The number of hydrogen-bond donors (Lipinski definition) is 2. The molecule has 1 heterocycles. The van der Waals surface area contributed by atoms with Crippen LogP contribution >= 0.6 is 0 Å². The fourth-order valence-electron chi connectivity index (χ4n) is 3.72. The Morgan fingerprint density at radius 3 is 2.50 bits per heavy atom. The minimum atomic E-state index is -5.94. The van der Waals surface area contributed by atoms with Crippen molar-refractivity contribution < 1.29 is 26.9 Å². The van der Waals surface area contributed by atoms with Crippen molar-refractivity contribution in [3.05, 3.63) is 27.6 Å². The zero-order valence-electron chi connectivity index (χ0n) is 15.7. The predicted molar refractivity (Wildman–Crippen MR) is 97.1 cm³/mol. The molecule has 1 aromatic heterocycles. The molecule has 162 valence electrons. The van der Waals surface area contributed by atoms with E-state index in [1.165, 1.54) is 0 Å². The van der Waals surface area contributed by atoms with Crippen LogP contribution in [-0.2, 0) is 5.92 Å². The number of anilines is 1. The van der Waals surface area contributed by atoms with Crippen LogP contribution in [0.2, 0.25) is 0 Å². The van der Waals surface area contributed by atoms with E-state index in [1.807, 2.05) is 0 Å². The fraction of sp³-hybridized carbons (Fsp3) is 0.556. The second-order valence-corrected chi connectivity index (χ2v) is 7.29. The summed E-state index contributed by atoms with van der Waals surface area (Å²) < 4.78 is 65.8. The second kappa shape index (κ2) is 8.04. The van der Waals surface area contributed by atoms with Gasteiger partial charge in [-0.25, -0.2) is 4.98 Å². The van der Waals surface area contributed by atoms with E-state index < -0.39 is 39.6 Å². The first-order valence-electron chi connectivity index (χ1n) is 9.36. The summed E-state index contributed by atoms with van der Waals surface area (Å²) in [6.45, 7) is 0.324. The molecule has 7 nitrogen and oxygen atoms in total. The van der Waals surface area contributed by atoms with Crippen LogP contribution in [-0.4, -0.2) is 27.6 Å². The number of non-ortho nitro benzene ring substituents is 1. The van der Waals surface area contributed by atoms with Crippen molar-refractivity contribution in [1.29, 1.82) is 5.26 Å². The van der Waals surface area contributed by atoms with Gasteiger partial charge in [0.25, 0.3) is 5.69 Å². The van der Waals surface area contributed by atoms with Gasteiger partial charge in [-0.1, -0.05) is 32.1 Å². The van der Waals surface area contributed by atoms with E-state index in [0.29, 0.717) is 18.9 Å². The predicted octanol–water partition coefficient (Wildman–Crippen LogP) is 5.38. The first-order chi connectivity index (χ1) is 14.1. The number of hydrogen-bond acceptors (Lipinski definition) is 5. The number of aromatic amines is 1. The van der Waals surface area contributed by atoms with E-state index in [0.717, 1.165) is 38.2 Å². The Bertz CT molecular complexity index is 989. The fourth-order valence-corrected chi connectivity index (χ4v) is 3.72. The number of aromatic nitrogens is 2. The monoisotopic (exact) mass is 431 g/mol. The van der Waals surface area contributed by atoms with Crippen molar-refractivity contribution in [2.75, 3.05) is 11.9 Å². The number of imidazole rings is 1. The lowest BCUT2D eigenvalue weighted by atomic mass is 9.87. The Balaban J connectivity index is 2.03. The van der Waals surface area contributed by atoms with Crippen molar-refractivity contribution in [3.63, 3.8) is 0 Å². The molecule has 0 aliphatic heterocycles. The van der Waals surface area contributed by atoms with Gasteiger partial charge in [-0.3, -0.25) is 10.1 Å².